The third-order valence-corrected chi connectivity index (χ3v) is 5.33. The summed E-state index contributed by atoms with van der Waals surface area (Å²) in [4.78, 5) is 47.2. The van der Waals surface area contributed by atoms with E-state index in [1.54, 1.807) is 72.2 Å². The molecule has 2 aromatic heterocycles. The lowest BCUT2D eigenvalue weighted by atomic mass is 10.1. The molecule has 2 aliphatic rings. The molecule has 12 heteroatoms. The standard InChI is InChI=1S/C24H32N4O8/c1-22(2,3)35-20(30)28(21(31)36-23(4,5)6)18-13-9-10-27(17(13)25-12-26-18)19-16-15(14(11-29)32-19)33-24(7,8)34-16/h9-12,14-16,19H,1-8H3/t14-,15-,16-,19-/m1/s1. The van der Waals surface area contributed by atoms with Crippen molar-refractivity contribution in [3.8, 4) is 0 Å². The molecule has 2 aliphatic heterocycles. The Morgan fingerprint density at radius 2 is 1.61 bits per heavy atom. The zero-order valence-electron chi connectivity index (χ0n) is 21.7. The van der Waals surface area contributed by atoms with Gasteiger partial charge in [-0.05, 0) is 61.5 Å². The number of fused-ring (bicyclic) bond motifs is 2. The van der Waals surface area contributed by atoms with Crippen molar-refractivity contribution in [3.05, 3.63) is 18.6 Å². The molecule has 0 N–H and O–H groups in total. The first-order valence-electron chi connectivity index (χ1n) is 11.6. The van der Waals surface area contributed by atoms with Crippen molar-refractivity contribution in [2.24, 2.45) is 0 Å². The van der Waals surface area contributed by atoms with E-state index in [4.69, 9.17) is 23.7 Å². The van der Waals surface area contributed by atoms with Gasteiger partial charge in [0.2, 0.25) is 0 Å². The number of anilines is 1. The Bertz CT molecular complexity index is 1150. The van der Waals surface area contributed by atoms with E-state index in [0.29, 0.717) is 17.3 Å². The lowest BCUT2D eigenvalue weighted by Crippen LogP contribution is -2.44. The first kappa shape index (κ1) is 26.0. The summed E-state index contributed by atoms with van der Waals surface area (Å²) in [5, 5.41) is 0.363. The summed E-state index contributed by atoms with van der Waals surface area (Å²) in [5.41, 5.74) is -1.40. The van der Waals surface area contributed by atoms with Crippen LogP contribution in [-0.2, 0) is 28.5 Å². The summed E-state index contributed by atoms with van der Waals surface area (Å²) < 4.78 is 30.4. The number of hydrogen-bond donors (Lipinski definition) is 0. The number of nitrogens with zero attached hydrogens (tertiary/aromatic N) is 4. The highest BCUT2D eigenvalue weighted by Gasteiger charge is 2.56. The Morgan fingerprint density at radius 3 is 2.17 bits per heavy atom. The average molecular weight is 505 g/mol. The molecule has 4 rings (SSSR count). The fourth-order valence-electron chi connectivity index (χ4n) is 4.14. The van der Waals surface area contributed by atoms with Crippen LogP contribution in [0.2, 0.25) is 0 Å². The van der Waals surface area contributed by atoms with Crippen molar-refractivity contribution in [3.63, 3.8) is 0 Å². The minimum atomic E-state index is -0.947. The van der Waals surface area contributed by atoms with Crippen molar-refractivity contribution in [1.82, 2.24) is 14.5 Å². The summed E-state index contributed by atoms with van der Waals surface area (Å²) in [6, 6.07) is 1.64. The van der Waals surface area contributed by atoms with Crippen LogP contribution in [0.4, 0.5) is 15.4 Å². The zero-order chi connectivity index (χ0) is 26.6. The van der Waals surface area contributed by atoms with Crippen LogP contribution in [0.3, 0.4) is 0 Å². The molecule has 0 radical (unpaired) electrons. The van der Waals surface area contributed by atoms with Gasteiger partial charge in [-0.3, -0.25) is 0 Å². The third kappa shape index (κ3) is 5.06. The van der Waals surface area contributed by atoms with Crippen LogP contribution in [0.25, 0.3) is 11.0 Å². The van der Waals surface area contributed by atoms with Crippen LogP contribution in [-0.4, -0.2) is 68.3 Å². The fraction of sp³-hybridized carbons (Fsp3) is 0.625. The molecule has 2 saturated heterocycles. The summed E-state index contributed by atoms with van der Waals surface area (Å²) in [6.07, 6.45) is -1.09. The van der Waals surface area contributed by atoms with Gasteiger partial charge < -0.3 is 33.0 Å². The highest BCUT2D eigenvalue weighted by Crippen LogP contribution is 2.43. The van der Waals surface area contributed by atoms with Gasteiger partial charge in [0.1, 0.15) is 41.5 Å². The van der Waals surface area contributed by atoms with E-state index in [0.717, 1.165) is 4.90 Å². The van der Waals surface area contributed by atoms with Gasteiger partial charge in [0, 0.05) is 6.20 Å². The molecule has 0 unspecified atom stereocenters. The second-order valence-electron chi connectivity index (χ2n) is 11.1. The molecule has 0 aliphatic carbocycles. The summed E-state index contributed by atoms with van der Waals surface area (Å²) in [5.74, 6) is -0.918. The van der Waals surface area contributed by atoms with Crippen LogP contribution in [0.1, 0.15) is 61.6 Å². The van der Waals surface area contributed by atoms with Gasteiger partial charge in [-0.25, -0.2) is 19.6 Å². The van der Waals surface area contributed by atoms with Gasteiger partial charge in [-0.2, -0.15) is 4.90 Å². The molecule has 2 amide bonds. The lowest BCUT2D eigenvalue weighted by Gasteiger charge is -2.28. The Labute approximate surface area is 208 Å². The molecule has 0 bridgehead atoms. The molecule has 4 heterocycles. The van der Waals surface area contributed by atoms with E-state index in [1.165, 1.54) is 6.33 Å². The topological polar surface area (TPSA) is 131 Å². The van der Waals surface area contributed by atoms with Crippen molar-refractivity contribution < 1.29 is 38.1 Å². The Hall–Kier alpha value is -3.09. The van der Waals surface area contributed by atoms with E-state index in [2.05, 4.69) is 9.97 Å². The summed E-state index contributed by atoms with van der Waals surface area (Å²) in [7, 11) is 0. The molecular weight excluding hydrogens is 472 g/mol. The summed E-state index contributed by atoms with van der Waals surface area (Å²) >= 11 is 0. The first-order chi connectivity index (χ1) is 16.6. The first-order valence-corrected chi connectivity index (χ1v) is 11.6. The second-order valence-corrected chi connectivity index (χ2v) is 11.1. The number of aldehydes is 1. The number of imide groups is 1. The molecule has 12 nitrogen and oxygen atoms in total. The van der Waals surface area contributed by atoms with Crippen LogP contribution in [0.5, 0.6) is 0 Å². The molecule has 0 spiro atoms. The van der Waals surface area contributed by atoms with E-state index < -0.39 is 53.7 Å². The smallest absolute Gasteiger partial charge is 0.425 e. The van der Waals surface area contributed by atoms with Gasteiger partial charge >= 0.3 is 12.2 Å². The average Bonchev–Trinajstić information content (AvgIpc) is 3.36. The maximum absolute atomic E-state index is 13.1. The third-order valence-electron chi connectivity index (χ3n) is 5.33. The predicted octanol–water partition coefficient (Wildman–Crippen LogP) is 3.72. The minimum absolute atomic E-state index is 0.0207. The normalized spacial score (nSPS) is 25.4. The highest BCUT2D eigenvalue weighted by atomic mass is 16.8. The molecule has 2 aromatic rings. The molecular formula is C24H32N4O8. The number of amides is 2. The van der Waals surface area contributed by atoms with Crippen LogP contribution < -0.4 is 4.90 Å². The van der Waals surface area contributed by atoms with Crippen molar-refractivity contribution in [2.75, 3.05) is 4.90 Å². The molecule has 0 aromatic carbocycles. The van der Waals surface area contributed by atoms with Crippen molar-refractivity contribution in [1.29, 1.82) is 0 Å². The summed E-state index contributed by atoms with van der Waals surface area (Å²) in [6.45, 7) is 13.6. The van der Waals surface area contributed by atoms with Gasteiger partial charge in [0.25, 0.3) is 0 Å². The quantitative estimate of drug-likeness (QED) is 0.570. The lowest BCUT2D eigenvalue weighted by molar-refractivity contribution is -0.194. The van der Waals surface area contributed by atoms with Crippen LogP contribution in [0.15, 0.2) is 18.6 Å². The van der Waals surface area contributed by atoms with Gasteiger partial charge in [0.05, 0.1) is 5.39 Å². The van der Waals surface area contributed by atoms with E-state index in [-0.39, 0.29) is 5.82 Å². The minimum Gasteiger partial charge on any atom is -0.443 e. The number of carbonyl (C=O) groups excluding carboxylic acids is 3. The number of aromatic nitrogens is 3. The van der Waals surface area contributed by atoms with Gasteiger partial charge in [-0.15, -0.1) is 0 Å². The van der Waals surface area contributed by atoms with Crippen LogP contribution >= 0.6 is 0 Å². The molecule has 4 atom stereocenters. The number of hydrogen-bond acceptors (Lipinski definition) is 10. The van der Waals surface area contributed by atoms with Crippen molar-refractivity contribution in [2.45, 2.75) is 96.9 Å². The maximum atomic E-state index is 13.1. The van der Waals surface area contributed by atoms with E-state index in [9.17, 15) is 14.4 Å². The zero-order valence-corrected chi connectivity index (χ0v) is 21.7. The number of rotatable bonds is 3. The van der Waals surface area contributed by atoms with E-state index in [1.807, 2.05) is 0 Å². The largest absolute Gasteiger partial charge is 0.443 e. The number of carbonyl (C=O) groups is 3. The Morgan fingerprint density at radius 1 is 1.03 bits per heavy atom. The molecule has 196 valence electrons. The Kier molecular flexibility index (Phi) is 6.34. The Balaban J connectivity index is 1.77. The SMILES string of the molecule is CC(C)(C)OC(=O)N(C(=O)OC(C)(C)C)c1ncnc2c1ccn2[C@@H]1O[C@H](C=O)[C@H]2OC(C)(C)O[C@H]21. The highest BCUT2D eigenvalue weighted by molar-refractivity contribution is 6.13. The van der Waals surface area contributed by atoms with Gasteiger partial charge in [-0.1, -0.05) is 0 Å². The van der Waals surface area contributed by atoms with E-state index >= 15 is 0 Å². The fourth-order valence-corrected chi connectivity index (χ4v) is 4.14. The number of ether oxygens (including phenoxy) is 5. The predicted molar refractivity (Wildman–Crippen MR) is 126 cm³/mol. The van der Waals surface area contributed by atoms with Crippen LogP contribution in [0, 0.1) is 0 Å². The molecule has 36 heavy (non-hydrogen) atoms. The molecule has 0 saturated carbocycles. The molecule has 2 fully saturated rings. The maximum Gasteiger partial charge on any atom is 0.425 e. The monoisotopic (exact) mass is 504 g/mol. The van der Waals surface area contributed by atoms with Crippen molar-refractivity contribution >= 4 is 35.3 Å². The van der Waals surface area contributed by atoms with Gasteiger partial charge in [0.15, 0.2) is 24.1 Å². The second kappa shape index (κ2) is 8.79.